The number of amides is 2. The number of hydrogen-bond donors (Lipinski definition) is 1. The molecule has 3 aromatic carbocycles. The van der Waals surface area contributed by atoms with Gasteiger partial charge in [-0.15, -0.1) is 0 Å². The minimum Gasteiger partial charge on any atom is -0.493 e. The molecule has 38 heavy (non-hydrogen) atoms. The van der Waals surface area contributed by atoms with Crippen molar-refractivity contribution in [2.75, 3.05) is 19.5 Å². The van der Waals surface area contributed by atoms with E-state index in [1.165, 1.54) is 24.4 Å². The van der Waals surface area contributed by atoms with E-state index in [2.05, 4.69) is 53.6 Å². The Bertz CT molecular complexity index is 1410. The van der Waals surface area contributed by atoms with Gasteiger partial charge < -0.3 is 14.8 Å². The molecule has 0 radical (unpaired) electrons. The van der Waals surface area contributed by atoms with Crippen LogP contribution in [0.3, 0.4) is 0 Å². The maximum absolute atomic E-state index is 12.8. The van der Waals surface area contributed by atoms with Crippen LogP contribution in [0, 0.1) is 6.92 Å². The first-order valence-corrected chi connectivity index (χ1v) is 13.1. The largest absolute Gasteiger partial charge is 0.493 e. The van der Waals surface area contributed by atoms with Crippen LogP contribution in [-0.4, -0.2) is 47.2 Å². The van der Waals surface area contributed by atoms with Gasteiger partial charge in [0.2, 0.25) is 5.91 Å². The highest BCUT2D eigenvalue weighted by molar-refractivity contribution is 8.15. The van der Waals surface area contributed by atoms with E-state index in [1.807, 2.05) is 23.2 Å². The summed E-state index contributed by atoms with van der Waals surface area (Å²) in [6, 6.07) is 23.4. The van der Waals surface area contributed by atoms with Gasteiger partial charge in [0.05, 0.1) is 26.0 Å². The van der Waals surface area contributed by atoms with Crippen LogP contribution in [0.1, 0.15) is 35.6 Å². The molecule has 2 atom stereocenters. The molecule has 2 aliphatic rings. The first kappa shape index (κ1) is 25.5. The number of rotatable bonds is 7. The molecule has 5 rings (SSSR count). The molecule has 0 bridgehead atoms. The van der Waals surface area contributed by atoms with E-state index in [9.17, 15) is 9.59 Å². The van der Waals surface area contributed by atoms with E-state index >= 15 is 0 Å². The Morgan fingerprint density at radius 1 is 1.03 bits per heavy atom. The number of carbonyl (C=O) groups is 2. The zero-order valence-corrected chi connectivity index (χ0v) is 22.2. The minimum absolute atomic E-state index is 0.0107. The van der Waals surface area contributed by atoms with Gasteiger partial charge in [-0.05, 0) is 30.2 Å². The minimum atomic E-state index is -0.625. The van der Waals surface area contributed by atoms with Crippen LogP contribution in [0.25, 0.3) is 0 Å². The molecular weight excluding hydrogens is 500 g/mol. The van der Waals surface area contributed by atoms with Crippen molar-refractivity contribution in [2.45, 2.75) is 31.1 Å². The molecule has 8 nitrogen and oxygen atoms in total. The van der Waals surface area contributed by atoms with Gasteiger partial charge >= 0.3 is 0 Å². The quantitative estimate of drug-likeness (QED) is 0.454. The molecule has 2 amide bonds. The average Bonchev–Trinajstić information content (AvgIpc) is 3.53. The molecule has 0 aromatic heterocycles. The third kappa shape index (κ3) is 5.43. The van der Waals surface area contributed by atoms with Crippen LogP contribution in [0.4, 0.5) is 5.69 Å². The van der Waals surface area contributed by atoms with Gasteiger partial charge in [0, 0.05) is 24.6 Å². The second-order valence-corrected chi connectivity index (χ2v) is 10.2. The van der Waals surface area contributed by atoms with Gasteiger partial charge in [-0.1, -0.05) is 71.9 Å². The molecule has 3 aromatic rings. The number of ether oxygens (including phenoxy) is 2. The maximum atomic E-state index is 12.8. The fraction of sp³-hybridized carbons (Fsp3) is 0.241. The van der Waals surface area contributed by atoms with Crippen LogP contribution in [0.15, 0.2) is 82.9 Å². The summed E-state index contributed by atoms with van der Waals surface area (Å²) < 4.78 is 10.5. The number of aliphatic imine (C=N–C) groups is 1. The highest BCUT2D eigenvalue weighted by Gasteiger charge is 2.39. The summed E-state index contributed by atoms with van der Waals surface area (Å²) >= 11 is 1.28. The van der Waals surface area contributed by atoms with Gasteiger partial charge in [-0.3, -0.25) is 9.59 Å². The van der Waals surface area contributed by atoms with Crippen LogP contribution in [-0.2, 0) is 9.59 Å². The fourth-order valence-electron chi connectivity index (χ4n) is 4.44. The number of carbonyl (C=O) groups excluding carboxylic acids is 2. The number of nitrogens with one attached hydrogen (secondary N) is 1. The summed E-state index contributed by atoms with van der Waals surface area (Å²) in [5.74, 6) is 0.447. The molecule has 1 N–H and O–H groups in total. The third-order valence-electron chi connectivity index (χ3n) is 6.44. The molecular formula is C29H28N4O4S. The van der Waals surface area contributed by atoms with Crippen molar-refractivity contribution >= 4 is 40.1 Å². The predicted octanol–water partition coefficient (Wildman–Crippen LogP) is 5.19. The summed E-state index contributed by atoms with van der Waals surface area (Å²) in [6.45, 7) is 2.05. The summed E-state index contributed by atoms with van der Waals surface area (Å²) in [6.07, 6.45) is 0.675. The SMILES string of the molecule is COc1ccc(NC(=O)C[C@H]2SC(N3N=C(c4ccc(C)cc4)C[C@H]3c3ccccc3)=NC2=O)cc1OC. The summed E-state index contributed by atoms with van der Waals surface area (Å²) in [4.78, 5) is 30.0. The van der Waals surface area contributed by atoms with E-state index < -0.39 is 5.25 Å². The van der Waals surface area contributed by atoms with Gasteiger partial charge in [0.15, 0.2) is 16.7 Å². The van der Waals surface area contributed by atoms with Crippen molar-refractivity contribution in [3.05, 3.63) is 89.5 Å². The maximum Gasteiger partial charge on any atom is 0.262 e. The molecule has 0 unspecified atom stereocenters. The number of amidine groups is 1. The average molecular weight is 529 g/mol. The second-order valence-electron chi connectivity index (χ2n) is 9.05. The molecule has 0 spiro atoms. The Kier molecular flexibility index (Phi) is 7.46. The standard InChI is InChI=1S/C29H28N4O4S/c1-18-9-11-19(12-10-18)22-16-23(20-7-5-4-6-8-20)33(32-22)29-31-28(35)26(38-29)17-27(34)30-21-13-14-24(36-2)25(15-21)37-3/h4-15,23,26H,16-17H2,1-3H3,(H,30,34)/t23-,26+/m0/s1. The van der Waals surface area contributed by atoms with Crippen LogP contribution in [0.5, 0.6) is 11.5 Å². The van der Waals surface area contributed by atoms with E-state index in [0.717, 1.165) is 16.8 Å². The molecule has 0 saturated heterocycles. The van der Waals surface area contributed by atoms with Gasteiger partial charge in [0.25, 0.3) is 5.91 Å². The highest BCUT2D eigenvalue weighted by atomic mass is 32.2. The topological polar surface area (TPSA) is 92.6 Å². The number of hydrazone groups is 1. The van der Waals surface area contributed by atoms with Crippen LogP contribution >= 0.6 is 11.8 Å². The number of benzene rings is 3. The number of methoxy groups -OCH3 is 2. The smallest absolute Gasteiger partial charge is 0.262 e. The molecule has 0 saturated carbocycles. The molecule has 2 heterocycles. The first-order chi connectivity index (χ1) is 18.4. The Balaban J connectivity index is 1.31. The Morgan fingerprint density at radius 3 is 2.47 bits per heavy atom. The molecule has 9 heteroatoms. The summed E-state index contributed by atoms with van der Waals surface area (Å²) in [5, 5.41) is 9.45. The number of aryl methyl sites for hydroxylation is 1. The lowest BCUT2D eigenvalue weighted by Gasteiger charge is -2.23. The molecule has 0 aliphatic carbocycles. The Labute approximate surface area is 225 Å². The van der Waals surface area contributed by atoms with Crippen molar-refractivity contribution < 1.29 is 19.1 Å². The number of hydrogen-bond acceptors (Lipinski definition) is 7. The zero-order valence-electron chi connectivity index (χ0n) is 21.4. The normalized spacial score (nSPS) is 18.7. The van der Waals surface area contributed by atoms with Crippen molar-refractivity contribution in [3.63, 3.8) is 0 Å². The zero-order chi connectivity index (χ0) is 26.6. The lowest BCUT2D eigenvalue weighted by Crippen LogP contribution is -2.25. The monoisotopic (exact) mass is 528 g/mol. The number of thioether (sulfide) groups is 1. The Morgan fingerprint density at radius 2 is 1.76 bits per heavy atom. The van der Waals surface area contributed by atoms with Gasteiger partial charge in [-0.2, -0.15) is 10.1 Å². The predicted molar refractivity (Wildman–Crippen MR) is 150 cm³/mol. The van der Waals surface area contributed by atoms with Crippen molar-refractivity contribution in [1.29, 1.82) is 0 Å². The first-order valence-electron chi connectivity index (χ1n) is 12.2. The molecule has 0 fully saturated rings. The number of anilines is 1. The van der Waals surface area contributed by atoms with E-state index in [4.69, 9.17) is 14.6 Å². The summed E-state index contributed by atoms with van der Waals surface area (Å²) in [7, 11) is 3.08. The van der Waals surface area contributed by atoms with E-state index in [0.29, 0.717) is 28.8 Å². The summed E-state index contributed by atoms with van der Waals surface area (Å²) in [5.41, 5.74) is 4.80. The second kappa shape index (κ2) is 11.1. The van der Waals surface area contributed by atoms with Gasteiger partial charge in [-0.25, -0.2) is 5.01 Å². The van der Waals surface area contributed by atoms with E-state index in [1.54, 1.807) is 25.3 Å². The van der Waals surface area contributed by atoms with E-state index in [-0.39, 0.29) is 24.3 Å². The number of nitrogens with zero attached hydrogens (tertiary/aromatic N) is 3. The van der Waals surface area contributed by atoms with Crippen molar-refractivity contribution in [3.8, 4) is 11.5 Å². The fourth-order valence-corrected chi connectivity index (χ4v) is 5.50. The van der Waals surface area contributed by atoms with Crippen LogP contribution < -0.4 is 14.8 Å². The Hall–Kier alpha value is -4.11. The van der Waals surface area contributed by atoms with Crippen molar-refractivity contribution in [2.24, 2.45) is 10.1 Å². The highest BCUT2D eigenvalue weighted by Crippen LogP contribution is 2.38. The van der Waals surface area contributed by atoms with Crippen LogP contribution in [0.2, 0.25) is 0 Å². The lowest BCUT2D eigenvalue weighted by molar-refractivity contribution is -0.121. The lowest BCUT2D eigenvalue weighted by atomic mass is 9.98. The van der Waals surface area contributed by atoms with Gasteiger partial charge in [0.1, 0.15) is 5.25 Å². The van der Waals surface area contributed by atoms with Crippen molar-refractivity contribution in [1.82, 2.24) is 5.01 Å². The third-order valence-corrected chi connectivity index (χ3v) is 7.58. The molecule has 194 valence electrons. The molecule has 2 aliphatic heterocycles.